The zero-order valence-electron chi connectivity index (χ0n) is 17.6. The van der Waals surface area contributed by atoms with Crippen molar-refractivity contribution in [1.29, 1.82) is 0 Å². The summed E-state index contributed by atoms with van der Waals surface area (Å²) in [4.78, 5) is 14.9. The van der Waals surface area contributed by atoms with Gasteiger partial charge < -0.3 is 14.3 Å². The molecular weight excluding hydrogens is 420 g/mol. The van der Waals surface area contributed by atoms with Gasteiger partial charge in [0.25, 0.3) is 0 Å². The quantitative estimate of drug-likeness (QED) is 0.352. The van der Waals surface area contributed by atoms with Crippen LogP contribution in [0.3, 0.4) is 0 Å². The van der Waals surface area contributed by atoms with Gasteiger partial charge in [-0.15, -0.1) is 10.2 Å². The molecule has 0 saturated carbocycles. The number of aromatic amines is 1. The third kappa shape index (κ3) is 3.99. The Morgan fingerprint density at radius 3 is 2.62 bits per heavy atom. The molecule has 32 heavy (non-hydrogen) atoms. The second kappa shape index (κ2) is 8.88. The first-order valence-electron chi connectivity index (χ1n) is 10.5. The molecule has 0 aliphatic rings. The fourth-order valence-corrected chi connectivity index (χ4v) is 4.87. The lowest BCUT2D eigenvalue weighted by Crippen LogP contribution is -2.08. The molecule has 0 aliphatic heterocycles. The van der Waals surface area contributed by atoms with E-state index < -0.39 is 0 Å². The number of pyridine rings is 1. The Morgan fingerprint density at radius 1 is 0.969 bits per heavy atom. The van der Waals surface area contributed by atoms with Crippen molar-refractivity contribution in [2.45, 2.75) is 31.0 Å². The van der Waals surface area contributed by atoms with E-state index >= 15 is 0 Å². The zero-order chi connectivity index (χ0) is 21.9. The van der Waals surface area contributed by atoms with Gasteiger partial charge in [0.1, 0.15) is 12.4 Å². The van der Waals surface area contributed by atoms with Crippen LogP contribution in [0.25, 0.3) is 21.7 Å². The normalized spacial score (nSPS) is 11.3. The molecule has 0 atom stereocenters. The fourth-order valence-electron chi connectivity index (χ4n) is 3.85. The Bertz CT molecular complexity index is 1450. The Kier molecular flexibility index (Phi) is 5.64. The number of benzene rings is 3. The summed E-state index contributed by atoms with van der Waals surface area (Å²) >= 11 is 1.57. The highest BCUT2D eigenvalue weighted by atomic mass is 32.2. The lowest BCUT2D eigenvalue weighted by Gasteiger charge is -2.11. The summed E-state index contributed by atoms with van der Waals surface area (Å²) in [7, 11) is 0. The van der Waals surface area contributed by atoms with Gasteiger partial charge in [-0.3, -0.25) is 4.79 Å². The molecule has 0 fully saturated rings. The minimum atomic E-state index is -0.0968. The van der Waals surface area contributed by atoms with Gasteiger partial charge in [-0.2, -0.15) is 0 Å². The molecule has 0 radical (unpaired) electrons. The van der Waals surface area contributed by atoms with Gasteiger partial charge in [-0.05, 0) is 30.0 Å². The molecule has 2 heterocycles. The molecule has 0 spiro atoms. The molecular formula is C25H22N4O2S. The maximum absolute atomic E-state index is 12.0. The average molecular weight is 443 g/mol. The Morgan fingerprint density at radius 2 is 1.75 bits per heavy atom. The molecule has 7 heteroatoms. The van der Waals surface area contributed by atoms with Gasteiger partial charge in [0.05, 0.1) is 0 Å². The summed E-state index contributed by atoms with van der Waals surface area (Å²) in [5, 5.41) is 12.8. The van der Waals surface area contributed by atoms with Crippen molar-refractivity contribution in [3.8, 4) is 5.75 Å². The molecule has 1 N–H and O–H groups in total. The lowest BCUT2D eigenvalue weighted by atomic mass is 10.1. The van der Waals surface area contributed by atoms with E-state index in [1.807, 2.05) is 48.5 Å². The van der Waals surface area contributed by atoms with E-state index in [4.69, 9.17) is 4.74 Å². The Hall–Kier alpha value is -3.58. The number of H-pyrrole nitrogens is 1. The summed E-state index contributed by atoms with van der Waals surface area (Å²) in [6, 6.07) is 23.7. The van der Waals surface area contributed by atoms with Crippen LogP contribution in [-0.2, 0) is 18.9 Å². The summed E-state index contributed by atoms with van der Waals surface area (Å²) < 4.78 is 8.18. The number of nitrogens with one attached hydrogen (secondary N) is 1. The molecule has 6 nitrogen and oxygen atoms in total. The molecule has 5 rings (SSSR count). The van der Waals surface area contributed by atoms with E-state index in [0.29, 0.717) is 12.4 Å². The van der Waals surface area contributed by atoms with Crippen LogP contribution in [0.4, 0.5) is 0 Å². The topological polar surface area (TPSA) is 72.8 Å². The largest absolute Gasteiger partial charge is 0.485 e. The second-order valence-electron chi connectivity index (χ2n) is 7.40. The molecule has 2 aromatic heterocycles. The first kappa shape index (κ1) is 20.3. The predicted octanol–water partition coefficient (Wildman–Crippen LogP) is 5.16. The van der Waals surface area contributed by atoms with Crippen molar-refractivity contribution in [2.75, 3.05) is 0 Å². The number of hydrogen-bond acceptors (Lipinski definition) is 5. The van der Waals surface area contributed by atoms with E-state index in [-0.39, 0.29) is 5.56 Å². The van der Waals surface area contributed by atoms with Crippen LogP contribution in [0.5, 0.6) is 5.75 Å². The summed E-state index contributed by atoms with van der Waals surface area (Å²) in [6.07, 6.45) is 0. The lowest BCUT2D eigenvalue weighted by molar-refractivity contribution is 0.291. The van der Waals surface area contributed by atoms with Crippen LogP contribution >= 0.6 is 11.8 Å². The van der Waals surface area contributed by atoms with Gasteiger partial charge in [0.2, 0.25) is 5.56 Å². The van der Waals surface area contributed by atoms with Crippen molar-refractivity contribution in [3.05, 3.63) is 94.5 Å². The van der Waals surface area contributed by atoms with Crippen molar-refractivity contribution in [3.63, 3.8) is 0 Å². The van der Waals surface area contributed by atoms with Gasteiger partial charge in [-0.1, -0.05) is 66.4 Å². The highest BCUT2D eigenvalue weighted by molar-refractivity contribution is 7.98. The smallest absolute Gasteiger partial charge is 0.248 e. The van der Waals surface area contributed by atoms with E-state index in [1.165, 1.54) is 0 Å². The highest BCUT2D eigenvalue weighted by Gasteiger charge is 2.14. The Labute approximate surface area is 189 Å². The van der Waals surface area contributed by atoms with Gasteiger partial charge in [-0.25, -0.2) is 0 Å². The maximum atomic E-state index is 12.0. The van der Waals surface area contributed by atoms with Crippen molar-refractivity contribution in [1.82, 2.24) is 19.7 Å². The average Bonchev–Trinajstić information content (AvgIpc) is 3.22. The molecule has 0 aliphatic carbocycles. The predicted molar refractivity (Wildman–Crippen MR) is 128 cm³/mol. The summed E-state index contributed by atoms with van der Waals surface area (Å²) in [5.74, 6) is 2.24. The number of aromatic nitrogens is 4. The molecule has 5 aromatic rings. The number of nitrogens with zero attached hydrogens (tertiary/aromatic N) is 3. The second-order valence-corrected chi connectivity index (χ2v) is 8.34. The van der Waals surface area contributed by atoms with E-state index in [2.05, 4.69) is 44.9 Å². The van der Waals surface area contributed by atoms with Gasteiger partial charge >= 0.3 is 0 Å². The standard InChI is InChI=1S/C25H22N4O2S/c1-2-29-23(15-31-22-13-7-9-17-8-3-4-11-20(17)22)27-28-25(29)32-16-18-14-24(30)26-21-12-6-5-10-19(18)21/h3-14H,2,15-16H2,1H3,(H,26,30). The van der Waals surface area contributed by atoms with E-state index in [9.17, 15) is 4.79 Å². The minimum absolute atomic E-state index is 0.0968. The number of para-hydroxylation sites is 1. The highest BCUT2D eigenvalue weighted by Crippen LogP contribution is 2.28. The molecule has 160 valence electrons. The van der Waals surface area contributed by atoms with Gasteiger partial charge in [0, 0.05) is 34.7 Å². The molecule has 0 amide bonds. The van der Waals surface area contributed by atoms with Crippen LogP contribution < -0.4 is 10.3 Å². The first-order valence-corrected chi connectivity index (χ1v) is 11.5. The van der Waals surface area contributed by atoms with Crippen molar-refractivity contribution in [2.24, 2.45) is 0 Å². The third-order valence-electron chi connectivity index (χ3n) is 5.41. The van der Waals surface area contributed by atoms with Crippen molar-refractivity contribution < 1.29 is 4.74 Å². The molecule has 3 aromatic carbocycles. The minimum Gasteiger partial charge on any atom is -0.485 e. The van der Waals surface area contributed by atoms with Gasteiger partial charge in [0.15, 0.2) is 11.0 Å². The van der Waals surface area contributed by atoms with Crippen LogP contribution in [0.1, 0.15) is 18.3 Å². The zero-order valence-corrected chi connectivity index (χ0v) is 18.4. The first-order chi connectivity index (χ1) is 15.7. The maximum Gasteiger partial charge on any atom is 0.248 e. The number of thioether (sulfide) groups is 1. The molecule has 0 saturated heterocycles. The van der Waals surface area contributed by atoms with Crippen LogP contribution in [0.15, 0.2) is 82.7 Å². The van der Waals surface area contributed by atoms with Crippen LogP contribution in [0.2, 0.25) is 0 Å². The van der Waals surface area contributed by atoms with E-state index in [1.54, 1.807) is 17.8 Å². The number of ether oxygens (including phenoxy) is 1. The monoisotopic (exact) mass is 442 g/mol. The number of hydrogen-bond donors (Lipinski definition) is 1. The SMILES string of the molecule is CCn1c(COc2cccc3ccccc23)nnc1SCc1cc(=O)[nH]c2ccccc12. The van der Waals surface area contributed by atoms with Crippen molar-refractivity contribution >= 4 is 33.4 Å². The molecule has 0 unspecified atom stereocenters. The van der Waals surface area contributed by atoms with E-state index in [0.717, 1.165) is 50.5 Å². The molecule has 0 bridgehead atoms. The fraction of sp³-hybridized carbons (Fsp3) is 0.160. The van der Waals surface area contributed by atoms with Crippen LogP contribution in [-0.4, -0.2) is 19.7 Å². The third-order valence-corrected chi connectivity index (χ3v) is 6.42. The summed E-state index contributed by atoms with van der Waals surface area (Å²) in [5.41, 5.74) is 1.73. The summed E-state index contributed by atoms with van der Waals surface area (Å²) in [6.45, 7) is 3.14. The Balaban J connectivity index is 1.35. The van der Waals surface area contributed by atoms with Crippen LogP contribution in [0, 0.1) is 0 Å². The number of rotatable bonds is 7. The number of fused-ring (bicyclic) bond motifs is 2.